The summed E-state index contributed by atoms with van der Waals surface area (Å²) in [7, 11) is -7.43. The molecule has 1 aromatic heterocycles. The third-order valence-corrected chi connectivity index (χ3v) is 7.52. The van der Waals surface area contributed by atoms with Crippen LogP contribution in [0.15, 0.2) is 77.0 Å². The third-order valence-electron chi connectivity index (χ3n) is 4.57. The highest BCUT2D eigenvalue weighted by Gasteiger charge is 2.28. The van der Waals surface area contributed by atoms with Crippen LogP contribution in [0.25, 0.3) is 5.69 Å². The number of sulfonamides is 2. The molecule has 152 valence electrons. The molecule has 1 saturated carbocycles. The van der Waals surface area contributed by atoms with Crippen LogP contribution in [0.4, 0.5) is 0 Å². The van der Waals surface area contributed by atoms with Crippen molar-refractivity contribution in [1.82, 2.24) is 19.0 Å². The van der Waals surface area contributed by atoms with Gasteiger partial charge in [0.05, 0.1) is 21.8 Å². The monoisotopic (exact) mass is 432 g/mol. The van der Waals surface area contributed by atoms with Crippen LogP contribution >= 0.6 is 0 Å². The van der Waals surface area contributed by atoms with Crippen LogP contribution in [0, 0.1) is 0 Å². The second-order valence-electron chi connectivity index (χ2n) is 6.79. The number of rotatable bonds is 8. The van der Waals surface area contributed by atoms with Crippen molar-refractivity contribution in [3.8, 4) is 5.69 Å². The van der Waals surface area contributed by atoms with E-state index in [1.165, 1.54) is 24.3 Å². The van der Waals surface area contributed by atoms with Gasteiger partial charge in [-0.2, -0.15) is 0 Å². The van der Waals surface area contributed by atoms with Crippen molar-refractivity contribution in [2.24, 2.45) is 0 Å². The van der Waals surface area contributed by atoms with Gasteiger partial charge in [-0.15, -0.1) is 0 Å². The van der Waals surface area contributed by atoms with E-state index in [9.17, 15) is 16.8 Å². The summed E-state index contributed by atoms with van der Waals surface area (Å²) in [6, 6.07) is 12.6. The number of hydrogen-bond donors (Lipinski definition) is 2. The minimum atomic E-state index is -3.81. The average Bonchev–Trinajstić information content (AvgIpc) is 3.34. The van der Waals surface area contributed by atoms with Gasteiger partial charge in [-0.1, -0.05) is 18.2 Å². The Morgan fingerprint density at radius 3 is 2.21 bits per heavy atom. The Hall–Kier alpha value is -2.53. The van der Waals surface area contributed by atoms with Crippen LogP contribution in [0.1, 0.15) is 18.4 Å². The molecule has 0 unspecified atom stereocenters. The van der Waals surface area contributed by atoms with Gasteiger partial charge in [0.25, 0.3) is 0 Å². The summed E-state index contributed by atoms with van der Waals surface area (Å²) < 4.78 is 56.7. The van der Waals surface area contributed by atoms with Crippen LogP contribution in [0.2, 0.25) is 0 Å². The Morgan fingerprint density at radius 1 is 0.931 bits per heavy atom. The van der Waals surface area contributed by atoms with E-state index >= 15 is 0 Å². The van der Waals surface area contributed by atoms with E-state index in [4.69, 9.17) is 0 Å². The molecule has 8 nitrogen and oxygen atoms in total. The summed E-state index contributed by atoms with van der Waals surface area (Å²) >= 11 is 0. The van der Waals surface area contributed by atoms with Crippen molar-refractivity contribution in [1.29, 1.82) is 0 Å². The number of nitrogens with zero attached hydrogens (tertiary/aromatic N) is 2. The van der Waals surface area contributed by atoms with Crippen LogP contribution in [0.5, 0.6) is 0 Å². The molecule has 3 aromatic rings. The molecule has 0 radical (unpaired) electrons. The molecular weight excluding hydrogens is 412 g/mol. The molecule has 10 heteroatoms. The van der Waals surface area contributed by atoms with Crippen molar-refractivity contribution in [2.45, 2.75) is 35.2 Å². The fourth-order valence-corrected chi connectivity index (χ4v) is 5.17. The zero-order valence-corrected chi connectivity index (χ0v) is 17.0. The number of hydrogen-bond acceptors (Lipinski definition) is 5. The van der Waals surface area contributed by atoms with Crippen LogP contribution in [0.3, 0.4) is 0 Å². The highest BCUT2D eigenvalue weighted by Crippen LogP contribution is 2.23. The van der Waals surface area contributed by atoms with Gasteiger partial charge >= 0.3 is 0 Å². The summed E-state index contributed by atoms with van der Waals surface area (Å²) in [5.74, 6) is 0. The molecule has 29 heavy (non-hydrogen) atoms. The predicted octanol–water partition coefficient (Wildman–Crippen LogP) is 1.79. The first-order valence-electron chi connectivity index (χ1n) is 9.03. The molecule has 1 fully saturated rings. The first-order chi connectivity index (χ1) is 13.9. The van der Waals surface area contributed by atoms with E-state index in [0.29, 0.717) is 0 Å². The molecule has 0 atom stereocenters. The number of aromatic nitrogens is 2. The summed E-state index contributed by atoms with van der Waals surface area (Å²) in [6.07, 6.45) is 6.73. The van der Waals surface area contributed by atoms with E-state index in [1.54, 1.807) is 23.3 Å². The summed E-state index contributed by atoms with van der Waals surface area (Å²) in [5.41, 5.74) is 1.60. The van der Waals surface area contributed by atoms with Gasteiger partial charge in [-0.05, 0) is 48.7 Å². The van der Waals surface area contributed by atoms with Crippen molar-refractivity contribution in [3.63, 3.8) is 0 Å². The molecule has 1 aliphatic carbocycles. The molecular formula is C19H20N4O4S2. The van der Waals surface area contributed by atoms with Gasteiger partial charge in [0.15, 0.2) is 0 Å². The van der Waals surface area contributed by atoms with Crippen LogP contribution in [-0.4, -0.2) is 32.4 Å². The van der Waals surface area contributed by atoms with Gasteiger partial charge < -0.3 is 4.57 Å². The Balaban J connectivity index is 1.50. The standard InChI is InChI=1S/C19H20N4O4S2/c24-28(25,17-7-9-18(10-8-17)29(26,27)22-16-5-6-16)21-13-15-3-1-2-4-19(15)23-12-11-20-14-23/h1-4,7-12,14,16,21-22H,5-6,13H2. The van der Waals surface area contributed by atoms with E-state index in [0.717, 1.165) is 24.1 Å². The lowest BCUT2D eigenvalue weighted by molar-refractivity contribution is 0.577. The molecule has 4 rings (SSSR count). The van der Waals surface area contributed by atoms with E-state index in [1.807, 2.05) is 24.3 Å². The van der Waals surface area contributed by atoms with Crippen molar-refractivity contribution in [3.05, 3.63) is 72.8 Å². The van der Waals surface area contributed by atoms with Crippen LogP contribution < -0.4 is 9.44 Å². The molecule has 0 spiro atoms. The number of para-hydroxylation sites is 1. The zero-order valence-electron chi connectivity index (χ0n) is 15.4. The van der Waals surface area contributed by atoms with E-state index in [2.05, 4.69) is 14.4 Å². The maximum Gasteiger partial charge on any atom is 0.240 e. The molecule has 2 N–H and O–H groups in total. The molecule has 0 amide bonds. The topological polar surface area (TPSA) is 110 Å². The molecule has 0 aliphatic heterocycles. The Morgan fingerprint density at radius 2 is 1.59 bits per heavy atom. The maximum absolute atomic E-state index is 12.7. The highest BCUT2D eigenvalue weighted by atomic mass is 32.2. The van der Waals surface area contributed by atoms with Crippen LogP contribution in [-0.2, 0) is 26.6 Å². The fourth-order valence-electron chi connectivity index (χ4n) is 2.86. The van der Waals surface area contributed by atoms with Gasteiger partial charge in [0, 0.05) is 25.0 Å². The first-order valence-corrected chi connectivity index (χ1v) is 12.0. The van der Waals surface area contributed by atoms with Gasteiger partial charge in [0.1, 0.15) is 0 Å². The number of imidazole rings is 1. The summed E-state index contributed by atoms with van der Waals surface area (Å²) in [6.45, 7) is 0.0833. The molecule has 0 saturated heterocycles. The normalized spacial score (nSPS) is 14.8. The molecule has 2 aromatic carbocycles. The minimum Gasteiger partial charge on any atom is -0.306 e. The Bertz CT molecular complexity index is 1200. The quantitative estimate of drug-likeness (QED) is 0.564. The largest absolute Gasteiger partial charge is 0.306 e. The Kier molecular flexibility index (Phi) is 5.26. The molecule has 1 aliphatic rings. The van der Waals surface area contributed by atoms with Crippen molar-refractivity contribution < 1.29 is 16.8 Å². The second-order valence-corrected chi connectivity index (χ2v) is 10.3. The maximum atomic E-state index is 12.7. The van der Waals surface area contributed by atoms with E-state index in [-0.39, 0.29) is 22.4 Å². The SMILES string of the molecule is O=S(=O)(NCc1ccccc1-n1ccnc1)c1ccc(S(=O)(=O)NC2CC2)cc1. The van der Waals surface area contributed by atoms with Gasteiger partial charge in [-0.25, -0.2) is 31.3 Å². The number of benzene rings is 2. The zero-order chi connectivity index (χ0) is 20.5. The number of nitrogens with one attached hydrogen (secondary N) is 2. The van der Waals surface area contributed by atoms with Gasteiger partial charge in [0.2, 0.25) is 20.0 Å². The van der Waals surface area contributed by atoms with Gasteiger partial charge in [-0.3, -0.25) is 0 Å². The predicted molar refractivity (Wildman–Crippen MR) is 107 cm³/mol. The fraction of sp³-hybridized carbons (Fsp3) is 0.211. The molecule has 1 heterocycles. The highest BCUT2D eigenvalue weighted by molar-refractivity contribution is 7.90. The lowest BCUT2D eigenvalue weighted by Crippen LogP contribution is -2.26. The first kappa shape index (κ1) is 19.8. The lowest BCUT2D eigenvalue weighted by Gasteiger charge is -2.12. The lowest BCUT2D eigenvalue weighted by atomic mass is 10.2. The minimum absolute atomic E-state index is 0.00276. The summed E-state index contributed by atoms with van der Waals surface area (Å²) in [5, 5.41) is 0. The van der Waals surface area contributed by atoms with E-state index < -0.39 is 20.0 Å². The summed E-state index contributed by atoms with van der Waals surface area (Å²) in [4.78, 5) is 4.07. The second kappa shape index (κ2) is 7.71. The smallest absolute Gasteiger partial charge is 0.240 e. The Labute approximate surface area is 169 Å². The average molecular weight is 433 g/mol. The third kappa shape index (κ3) is 4.56. The van der Waals surface area contributed by atoms with Crippen molar-refractivity contribution >= 4 is 20.0 Å². The molecule has 0 bridgehead atoms. The van der Waals surface area contributed by atoms with Crippen molar-refractivity contribution in [2.75, 3.05) is 0 Å².